The predicted molar refractivity (Wildman–Crippen MR) is 96.4 cm³/mol. The Hall–Kier alpha value is -2.18. The van der Waals surface area contributed by atoms with E-state index in [1.54, 1.807) is 0 Å². The number of nitrogens with zero attached hydrogens (tertiary/aromatic N) is 5. The van der Waals surface area contributed by atoms with Gasteiger partial charge in [0.1, 0.15) is 5.65 Å². The summed E-state index contributed by atoms with van der Waals surface area (Å²) in [6.45, 7) is 7.18. The summed E-state index contributed by atoms with van der Waals surface area (Å²) in [7, 11) is 0. The molecule has 0 amide bonds. The van der Waals surface area contributed by atoms with Crippen molar-refractivity contribution in [2.45, 2.75) is 32.4 Å². The molecule has 25 heavy (non-hydrogen) atoms. The largest absolute Gasteiger partial charge is 0.396 e. The molecule has 0 saturated carbocycles. The van der Waals surface area contributed by atoms with Gasteiger partial charge in [0.25, 0.3) is 0 Å². The minimum atomic E-state index is 0.212. The molecule has 6 nitrogen and oxygen atoms in total. The number of fused-ring (bicyclic) bond motifs is 1. The first-order chi connectivity index (χ1) is 12.2. The average Bonchev–Trinajstić information content (AvgIpc) is 3.33. The van der Waals surface area contributed by atoms with Crippen LogP contribution in [-0.4, -0.2) is 48.9 Å². The molecule has 3 aromatic rings. The Morgan fingerprint density at radius 2 is 2.16 bits per heavy atom. The molecular weight excluding hydrogens is 314 g/mol. The lowest BCUT2D eigenvalue weighted by atomic mass is 9.92. The molecule has 0 aliphatic carbocycles. The van der Waals surface area contributed by atoms with Crippen molar-refractivity contribution >= 4 is 5.65 Å². The van der Waals surface area contributed by atoms with Crippen LogP contribution in [0.4, 0.5) is 0 Å². The smallest absolute Gasteiger partial charge is 0.136 e. The van der Waals surface area contributed by atoms with E-state index in [0.29, 0.717) is 12.0 Å². The maximum absolute atomic E-state index is 9.87. The van der Waals surface area contributed by atoms with E-state index < -0.39 is 0 Å². The summed E-state index contributed by atoms with van der Waals surface area (Å²) in [4.78, 5) is 6.78. The number of rotatable bonds is 5. The lowest BCUT2D eigenvalue weighted by molar-refractivity contribution is 0.213. The van der Waals surface area contributed by atoms with Gasteiger partial charge in [-0.05, 0) is 31.5 Å². The van der Waals surface area contributed by atoms with E-state index in [9.17, 15) is 5.11 Å². The fourth-order valence-electron chi connectivity index (χ4n) is 3.84. The first-order valence-electron chi connectivity index (χ1n) is 8.94. The van der Waals surface area contributed by atoms with Gasteiger partial charge in [-0.1, -0.05) is 6.07 Å². The van der Waals surface area contributed by atoms with Gasteiger partial charge < -0.3 is 9.51 Å². The molecule has 1 N–H and O–H groups in total. The number of aliphatic hydroxyl groups is 1. The standard InChI is InChI=1S/C19H25N5O/c1-14(2)24-10-15(8-21-24)18-12-22(9-16(18)13-25)11-17-4-3-5-19-20-6-7-23(17)19/h3-8,10,14,16,18,25H,9,11-13H2,1-2H3/t16-,18-/m0/s1. The number of aliphatic hydroxyl groups excluding tert-OH is 1. The second kappa shape index (κ2) is 6.61. The quantitative estimate of drug-likeness (QED) is 0.775. The van der Waals surface area contributed by atoms with E-state index >= 15 is 0 Å². The topological polar surface area (TPSA) is 58.6 Å². The third-order valence-corrected chi connectivity index (χ3v) is 5.23. The van der Waals surface area contributed by atoms with Crippen molar-refractivity contribution in [2.24, 2.45) is 5.92 Å². The highest BCUT2D eigenvalue weighted by Crippen LogP contribution is 2.33. The van der Waals surface area contributed by atoms with Crippen LogP contribution in [0.5, 0.6) is 0 Å². The maximum Gasteiger partial charge on any atom is 0.136 e. The van der Waals surface area contributed by atoms with Crippen molar-refractivity contribution in [1.82, 2.24) is 24.1 Å². The number of likely N-dealkylation sites (tertiary alicyclic amines) is 1. The fraction of sp³-hybridized carbons (Fsp3) is 0.474. The molecule has 0 bridgehead atoms. The van der Waals surface area contributed by atoms with Crippen LogP contribution < -0.4 is 0 Å². The Kier molecular flexibility index (Phi) is 4.31. The highest BCUT2D eigenvalue weighted by molar-refractivity contribution is 5.39. The van der Waals surface area contributed by atoms with Gasteiger partial charge in [0, 0.05) is 68.4 Å². The zero-order valence-electron chi connectivity index (χ0n) is 14.8. The summed E-state index contributed by atoms with van der Waals surface area (Å²) in [5.74, 6) is 0.589. The van der Waals surface area contributed by atoms with Crippen LogP contribution in [0.3, 0.4) is 0 Å². The zero-order chi connectivity index (χ0) is 17.4. The number of pyridine rings is 1. The van der Waals surface area contributed by atoms with Gasteiger partial charge >= 0.3 is 0 Å². The van der Waals surface area contributed by atoms with Crippen LogP contribution in [-0.2, 0) is 6.54 Å². The lowest BCUT2D eigenvalue weighted by Crippen LogP contribution is -2.22. The van der Waals surface area contributed by atoms with E-state index in [1.165, 1.54) is 11.3 Å². The molecule has 1 aliphatic rings. The summed E-state index contributed by atoms with van der Waals surface area (Å²) < 4.78 is 4.14. The zero-order valence-corrected chi connectivity index (χ0v) is 14.8. The van der Waals surface area contributed by atoms with Crippen LogP contribution in [0.25, 0.3) is 5.65 Å². The van der Waals surface area contributed by atoms with Gasteiger partial charge in [-0.25, -0.2) is 4.98 Å². The van der Waals surface area contributed by atoms with E-state index in [4.69, 9.17) is 0 Å². The summed E-state index contributed by atoms with van der Waals surface area (Å²) in [6.07, 6.45) is 7.95. The highest BCUT2D eigenvalue weighted by Gasteiger charge is 2.34. The van der Waals surface area contributed by atoms with Crippen molar-refractivity contribution in [2.75, 3.05) is 19.7 Å². The van der Waals surface area contributed by atoms with Gasteiger partial charge in [0.15, 0.2) is 0 Å². The number of imidazole rings is 1. The van der Waals surface area contributed by atoms with Gasteiger partial charge in [0.2, 0.25) is 0 Å². The Morgan fingerprint density at radius 3 is 2.92 bits per heavy atom. The second-order valence-corrected chi connectivity index (χ2v) is 7.26. The molecule has 3 aromatic heterocycles. The van der Waals surface area contributed by atoms with Crippen molar-refractivity contribution < 1.29 is 5.11 Å². The Labute approximate surface area is 147 Å². The lowest BCUT2D eigenvalue weighted by Gasteiger charge is -2.16. The molecule has 0 aromatic carbocycles. The highest BCUT2D eigenvalue weighted by atomic mass is 16.3. The maximum atomic E-state index is 9.87. The third kappa shape index (κ3) is 3.07. The fourth-order valence-corrected chi connectivity index (χ4v) is 3.84. The first kappa shape index (κ1) is 16.3. The van der Waals surface area contributed by atoms with E-state index in [0.717, 1.165) is 25.3 Å². The van der Waals surface area contributed by atoms with E-state index in [1.807, 2.05) is 29.3 Å². The predicted octanol–water partition coefficient (Wildman–Crippen LogP) is 2.32. The molecule has 0 unspecified atom stereocenters. The van der Waals surface area contributed by atoms with Crippen molar-refractivity contribution in [3.05, 3.63) is 54.2 Å². The molecule has 4 heterocycles. The minimum absolute atomic E-state index is 0.212. The second-order valence-electron chi connectivity index (χ2n) is 7.26. The summed E-state index contributed by atoms with van der Waals surface area (Å²) in [5.41, 5.74) is 3.44. The van der Waals surface area contributed by atoms with Gasteiger partial charge in [0.05, 0.1) is 6.20 Å². The van der Waals surface area contributed by atoms with Crippen molar-refractivity contribution in [3.8, 4) is 0 Å². The summed E-state index contributed by atoms with van der Waals surface area (Å²) >= 11 is 0. The molecule has 132 valence electrons. The molecule has 2 atom stereocenters. The number of aromatic nitrogens is 4. The Balaban J connectivity index is 1.53. The normalized spacial score (nSPS) is 21.6. The van der Waals surface area contributed by atoms with Gasteiger partial charge in [-0.3, -0.25) is 9.58 Å². The van der Waals surface area contributed by atoms with Crippen LogP contribution in [0, 0.1) is 5.92 Å². The van der Waals surface area contributed by atoms with Crippen LogP contribution in [0.2, 0.25) is 0 Å². The average molecular weight is 339 g/mol. The molecule has 0 radical (unpaired) electrons. The number of hydrogen-bond acceptors (Lipinski definition) is 4. The molecule has 4 rings (SSSR count). The summed E-state index contributed by atoms with van der Waals surface area (Å²) in [6, 6.07) is 6.58. The molecule has 1 fully saturated rings. The molecule has 1 saturated heterocycles. The van der Waals surface area contributed by atoms with Gasteiger partial charge in [-0.15, -0.1) is 0 Å². The van der Waals surface area contributed by atoms with E-state index in [2.05, 4.69) is 51.6 Å². The number of hydrogen-bond donors (Lipinski definition) is 1. The minimum Gasteiger partial charge on any atom is -0.396 e. The molecule has 1 aliphatic heterocycles. The molecular formula is C19H25N5O. The monoisotopic (exact) mass is 339 g/mol. The Bertz CT molecular complexity index is 852. The van der Waals surface area contributed by atoms with Crippen LogP contribution >= 0.6 is 0 Å². The van der Waals surface area contributed by atoms with Crippen molar-refractivity contribution in [3.63, 3.8) is 0 Å². The molecule has 6 heteroatoms. The summed E-state index contributed by atoms with van der Waals surface area (Å²) in [5, 5.41) is 14.3. The van der Waals surface area contributed by atoms with Gasteiger partial charge in [-0.2, -0.15) is 5.10 Å². The van der Waals surface area contributed by atoms with Crippen LogP contribution in [0.15, 0.2) is 43.0 Å². The first-order valence-corrected chi connectivity index (χ1v) is 8.94. The SMILES string of the molecule is CC(C)n1cc([C@@H]2CN(Cc3cccc4nccn34)C[C@H]2CO)cn1. The van der Waals surface area contributed by atoms with Crippen LogP contribution in [0.1, 0.15) is 37.1 Å². The third-order valence-electron chi connectivity index (χ3n) is 5.23. The molecule has 0 spiro atoms. The van der Waals surface area contributed by atoms with Crippen molar-refractivity contribution in [1.29, 1.82) is 0 Å². The van der Waals surface area contributed by atoms with E-state index in [-0.39, 0.29) is 12.5 Å². The Morgan fingerprint density at radius 1 is 1.28 bits per heavy atom.